The Bertz CT molecular complexity index is 741. The lowest BCUT2D eigenvalue weighted by Crippen LogP contribution is -1.97. The van der Waals surface area contributed by atoms with E-state index in [9.17, 15) is 22.4 Å². The molecular formula is C13H10FNO5S. The van der Waals surface area contributed by atoms with Crippen LogP contribution < -0.4 is 4.74 Å². The maximum Gasteiger partial charge on any atom is 0.332 e. The van der Waals surface area contributed by atoms with Gasteiger partial charge >= 0.3 is 10.2 Å². The average molecular weight is 311 g/mol. The van der Waals surface area contributed by atoms with Gasteiger partial charge in [-0.3, -0.25) is 10.1 Å². The highest BCUT2D eigenvalue weighted by atomic mass is 32.3. The van der Waals surface area contributed by atoms with E-state index in [2.05, 4.69) is 0 Å². The minimum Gasteiger partial charge on any atom is -0.489 e. The molecule has 0 amide bonds. The quantitative estimate of drug-likeness (QED) is 0.481. The van der Waals surface area contributed by atoms with Gasteiger partial charge in [0.25, 0.3) is 5.69 Å². The zero-order valence-electron chi connectivity index (χ0n) is 10.6. The lowest BCUT2D eigenvalue weighted by Gasteiger charge is -2.06. The van der Waals surface area contributed by atoms with Crippen LogP contribution in [0.15, 0.2) is 53.4 Å². The van der Waals surface area contributed by atoms with Crippen LogP contribution in [-0.2, 0) is 16.8 Å². The molecule has 21 heavy (non-hydrogen) atoms. The van der Waals surface area contributed by atoms with Crippen molar-refractivity contribution in [2.45, 2.75) is 11.5 Å². The second kappa shape index (κ2) is 5.88. The summed E-state index contributed by atoms with van der Waals surface area (Å²) in [5.74, 6) is 0.362. The lowest BCUT2D eigenvalue weighted by molar-refractivity contribution is -0.384. The van der Waals surface area contributed by atoms with Crippen LogP contribution in [0.1, 0.15) is 5.56 Å². The minimum atomic E-state index is -4.72. The van der Waals surface area contributed by atoms with E-state index in [1.165, 1.54) is 24.3 Å². The summed E-state index contributed by atoms with van der Waals surface area (Å²) in [6.45, 7) is 0.152. The first-order valence-electron chi connectivity index (χ1n) is 5.77. The molecule has 0 radical (unpaired) electrons. The molecule has 0 spiro atoms. The molecular weight excluding hydrogens is 301 g/mol. The first-order valence-corrected chi connectivity index (χ1v) is 7.15. The molecule has 8 heteroatoms. The number of benzene rings is 2. The van der Waals surface area contributed by atoms with Crippen LogP contribution in [0.2, 0.25) is 0 Å². The molecule has 0 heterocycles. The van der Waals surface area contributed by atoms with Crippen molar-refractivity contribution < 1.29 is 22.0 Å². The summed E-state index contributed by atoms with van der Waals surface area (Å²) in [5.41, 5.74) is 0.694. The fourth-order valence-corrected chi connectivity index (χ4v) is 2.04. The van der Waals surface area contributed by atoms with E-state index >= 15 is 0 Å². The summed E-state index contributed by atoms with van der Waals surface area (Å²) >= 11 is 0. The average Bonchev–Trinajstić information content (AvgIpc) is 2.45. The molecule has 0 saturated heterocycles. The molecule has 110 valence electrons. The number of nitrogens with zero attached hydrogens (tertiary/aromatic N) is 1. The third-order valence-corrected chi connectivity index (χ3v) is 3.49. The largest absolute Gasteiger partial charge is 0.489 e. The van der Waals surface area contributed by atoms with Crippen LogP contribution in [0.25, 0.3) is 0 Å². The Morgan fingerprint density at radius 2 is 1.62 bits per heavy atom. The normalized spacial score (nSPS) is 11.1. The highest BCUT2D eigenvalue weighted by Crippen LogP contribution is 2.19. The van der Waals surface area contributed by atoms with Gasteiger partial charge in [-0.05, 0) is 42.0 Å². The van der Waals surface area contributed by atoms with Gasteiger partial charge in [0.2, 0.25) is 0 Å². The van der Waals surface area contributed by atoms with E-state index in [1.807, 2.05) is 0 Å². The maximum atomic E-state index is 12.7. The number of nitro benzene ring substituents is 1. The van der Waals surface area contributed by atoms with E-state index in [0.717, 1.165) is 12.1 Å². The van der Waals surface area contributed by atoms with Gasteiger partial charge in [-0.15, -0.1) is 3.89 Å². The molecule has 0 fully saturated rings. The summed E-state index contributed by atoms with van der Waals surface area (Å²) < 4.78 is 39.4. The molecule has 0 atom stereocenters. The van der Waals surface area contributed by atoms with Crippen molar-refractivity contribution in [3.63, 3.8) is 0 Å². The number of halogens is 1. The molecule has 0 aliphatic heterocycles. The van der Waals surface area contributed by atoms with E-state index in [-0.39, 0.29) is 12.3 Å². The Labute approximate surface area is 120 Å². The second-order valence-corrected chi connectivity index (χ2v) is 5.47. The van der Waals surface area contributed by atoms with Crippen LogP contribution >= 0.6 is 0 Å². The molecule has 0 aliphatic rings. The summed E-state index contributed by atoms with van der Waals surface area (Å²) in [5, 5.41) is 10.5. The van der Waals surface area contributed by atoms with Gasteiger partial charge in [0.15, 0.2) is 0 Å². The van der Waals surface area contributed by atoms with Gasteiger partial charge < -0.3 is 4.74 Å². The number of hydrogen-bond acceptors (Lipinski definition) is 5. The number of nitro groups is 1. The molecule has 2 rings (SSSR count). The van der Waals surface area contributed by atoms with Gasteiger partial charge in [-0.1, -0.05) is 0 Å². The third-order valence-electron chi connectivity index (χ3n) is 2.66. The van der Waals surface area contributed by atoms with Crippen LogP contribution in [-0.4, -0.2) is 13.3 Å². The lowest BCUT2D eigenvalue weighted by atomic mass is 10.2. The molecule has 0 bridgehead atoms. The van der Waals surface area contributed by atoms with Crippen molar-refractivity contribution in [3.8, 4) is 5.75 Å². The fourth-order valence-electron chi connectivity index (χ4n) is 1.58. The third kappa shape index (κ3) is 3.99. The maximum absolute atomic E-state index is 12.7. The summed E-state index contributed by atoms with van der Waals surface area (Å²) in [4.78, 5) is 9.56. The standard InChI is InChI=1S/C13H10FNO5S/c14-21(18,19)13-7-5-12(6-8-13)20-9-10-1-3-11(4-2-10)15(16)17/h1-8H,9H2. The zero-order chi connectivity index (χ0) is 15.5. The Morgan fingerprint density at radius 3 is 2.10 bits per heavy atom. The van der Waals surface area contributed by atoms with Crippen molar-refractivity contribution >= 4 is 15.9 Å². The first kappa shape index (κ1) is 14.9. The summed E-state index contributed by atoms with van der Waals surface area (Å²) in [6, 6.07) is 10.7. The van der Waals surface area contributed by atoms with Gasteiger partial charge in [0.1, 0.15) is 12.4 Å². The van der Waals surface area contributed by atoms with Crippen molar-refractivity contribution in [2.24, 2.45) is 0 Å². The fraction of sp³-hybridized carbons (Fsp3) is 0.0769. The molecule has 6 nitrogen and oxygen atoms in total. The topological polar surface area (TPSA) is 86.5 Å². The molecule has 2 aromatic carbocycles. The van der Waals surface area contributed by atoms with Gasteiger partial charge in [0, 0.05) is 12.1 Å². The molecule has 0 N–H and O–H groups in total. The first-order chi connectivity index (χ1) is 9.86. The Balaban J connectivity index is 2.01. The van der Waals surface area contributed by atoms with Crippen LogP contribution in [0.4, 0.5) is 9.57 Å². The summed E-state index contributed by atoms with van der Waals surface area (Å²) in [7, 11) is -4.72. The van der Waals surface area contributed by atoms with Crippen molar-refractivity contribution in [2.75, 3.05) is 0 Å². The van der Waals surface area contributed by atoms with Gasteiger partial charge in [-0.2, -0.15) is 8.42 Å². The second-order valence-electron chi connectivity index (χ2n) is 4.12. The predicted molar refractivity (Wildman–Crippen MR) is 72.2 cm³/mol. The molecule has 0 unspecified atom stereocenters. The summed E-state index contributed by atoms with van der Waals surface area (Å²) in [6.07, 6.45) is 0. The number of hydrogen-bond donors (Lipinski definition) is 0. The highest BCUT2D eigenvalue weighted by molar-refractivity contribution is 7.86. The number of rotatable bonds is 5. The van der Waals surface area contributed by atoms with Gasteiger partial charge in [-0.25, -0.2) is 0 Å². The Hall–Kier alpha value is -2.48. The monoisotopic (exact) mass is 311 g/mol. The van der Waals surface area contributed by atoms with Gasteiger partial charge in [0.05, 0.1) is 9.82 Å². The zero-order valence-corrected chi connectivity index (χ0v) is 11.4. The molecule has 0 aliphatic carbocycles. The smallest absolute Gasteiger partial charge is 0.332 e. The van der Waals surface area contributed by atoms with E-state index in [0.29, 0.717) is 11.3 Å². The van der Waals surface area contributed by atoms with Crippen LogP contribution in [0, 0.1) is 10.1 Å². The number of ether oxygens (including phenoxy) is 1. The SMILES string of the molecule is O=[N+]([O-])c1ccc(COc2ccc(S(=O)(=O)F)cc2)cc1. The number of non-ortho nitro benzene ring substituents is 1. The van der Waals surface area contributed by atoms with Crippen molar-refractivity contribution in [3.05, 3.63) is 64.2 Å². The highest BCUT2D eigenvalue weighted by Gasteiger charge is 2.11. The molecule has 0 saturated carbocycles. The van der Waals surface area contributed by atoms with Crippen LogP contribution in [0.3, 0.4) is 0 Å². The van der Waals surface area contributed by atoms with Crippen molar-refractivity contribution in [1.29, 1.82) is 0 Å². The minimum absolute atomic E-state index is 0.0174. The Morgan fingerprint density at radius 1 is 1.05 bits per heavy atom. The Kier molecular flexibility index (Phi) is 4.18. The molecule has 0 aromatic heterocycles. The van der Waals surface area contributed by atoms with E-state index < -0.39 is 20.0 Å². The van der Waals surface area contributed by atoms with Crippen LogP contribution in [0.5, 0.6) is 5.75 Å². The van der Waals surface area contributed by atoms with E-state index in [4.69, 9.17) is 4.74 Å². The molecule has 2 aromatic rings. The predicted octanol–water partition coefficient (Wildman–Crippen LogP) is 2.83. The van der Waals surface area contributed by atoms with Crippen molar-refractivity contribution in [1.82, 2.24) is 0 Å². The van der Waals surface area contributed by atoms with E-state index in [1.54, 1.807) is 12.1 Å².